The van der Waals surface area contributed by atoms with Crippen LogP contribution >= 0.6 is 12.4 Å². The van der Waals surface area contributed by atoms with Gasteiger partial charge in [0.1, 0.15) is 0 Å². The zero-order valence-electron chi connectivity index (χ0n) is 14.9. The highest BCUT2D eigenvalue weighted by molar-refractivity contribution is 5.92. The van der Waals surface area contributed by atoms with Gasteiger partial charge in [0.05, 0.1) is 0 Å². The van der Waals surface area contributed by atoms with E-state index in [4.69, 9.17) is 0 Å². The Kier molecular flexibility index (Phi) is 9.31. The largest absolute Gasteiger partial charge is 0.336 e. The van der Waals surface area contributed by atoms with E-state index in [2.05, 4.69) is 21.3 Å². The van der Waals surface area contributed by atoms with Crippen molar-refractivity contribution in [2.75, 3.05) is 23.7 Å². The van der Waals surface area contributed by atoms with E-state index in [-0.39, 0.29) is 30.4 Å². The van der Waals surface area contributed by atoms with Gasteiger partial charge in [0.2, 0.25) is 5.91 Å². The minimum Gasteiger partial charge on any atom is -0.336 e. The Bertz CT molecular complexity index is 543. The number of piperidine rings is 1. The topological polar surface area (TPSA) is 82.3 Å². The smallest absolute Gasteiger partial charge is 0.319 e. The maximum atomic E-state index is 12.0. The van der Waals surface area contributed by atoms with Crippen LogP contribution in [0.3, 0.4) is 0 Å². The number of hydrogen-bond acceptors (Lipinski definition) is 3. The molecule has 7 heteroatoms. The number of benzene rings is 1. The van der Waals surface area contributed by atoms with E-state index in [1.54, 1.807) is 24.3 Å². The lowest BCUT2D eigenvalue weighted by Crippen LogP contribution is -2.34. The fourth-order valence-corrected chi connectivity index (χ4v) is 2.80. The summed E-state index contributed by atoms with van der Waals surface area (Å²) in [7, 11) is 0. The highest BCUT2D eigenvalue weighted by atomic mass is 35.5. The second-order valence-corrected chi connectivity index (χ2v) is 6.61. The van der Waals surface area contributed by atoms with E-state index < -0.39 is 0 Å². The van der Waals surface area contributed by atoms with Crippen molar-refractivity contribution < 1.29 is 9.59 Å². The van der Waals surface area contributed by atoms with Gasteiger partial charge in [0.25, 0.3) is 0 Å². The molecule has 0 bridgehead atoms. The van der Waals surface area contributed by atoms with Crippen molar-refractivity contribution in [1.29, 1.82) is 0 Å². The average molecular weight is 369 g/mol. The maximum Gasteiger partial charge on any atom is 0.319 e. The van der Waals surface area contributed by atoms with Crippen LogP contribution in [0, 0.1) is 5.92 Å². The number of anilines is 2. The molecule has 1 saturated heterocycles. The Balaban J connectivity index is 0.00000312. The number of carbonyl (C=O) groups is 2. The molecule has 1 aliphatic rings. The van der Waals surface area contributed by atoms with E-state index in [0.717, 1.165) is 38.0 Å². The number of carbonyl (C=O) groups excluding carboxylic acids is 2. The predicted molar refractivity (Wildman–Crippen MR) is 104 cm³/mol. The number of halogens is 1. The molecule has 1 aromatic rings. The third kappa shape index (κ3) is 8.23. The number of nitrogens with one attached hydrogen (secondary N) is 4. The second kappa shape index (κ2) is 10.9. The first kappa shape index (κ1) is 21.3. The molecule has 0 atom stereocenters. The molecule has 2 rings (SSSR count). The summed E-state index contributed by atoms with van der Waals surface area (Å²) in [5.74, 6) is 0.704. The summed E-state index contributed by atoms with van der Waals surface area (Å²) in [6.45, 7) is 5.93. The van der Waals surface area contributed by atoms with Crippen LogP contribution < -0.4 is 21.3 Å². The maximum absolute atomic E-state index is 12.0. The van der Waals surface area contributed by atoms with Gasteiger partial charge in [-0.2, -0.15) is 0 Å². The van der Waals surface area contributed by atoms with Crippen molar-refractivity contribution >= 4 is 35.7 Å². The molecule has 3 amide bonds. The van der Waals surface area contributed by atoms with Gasteiger partial charge in [0.15, 0.2) is 0 Å². The van der Waals surface area contributed by atoms with Gasteiger partial charge in [-0.3, -0.25) is 4.79 Å². The summed E-state index contributed by atoms with van der Waals surface area (Å²) >= 11 is 0. The summed E-state index contributed by atoms with van der Waals surface area (Å²) in [5, 5.41) is 11.8. The molecule has 1 fully saturated rings. The number of urea groups is 1. The third-order valence-corrected chi connectivity index (χ3v) is 4.08. The quantitative estimate of drug-likeness (QED) is 0.621. The molecule has 0 aliphatic carbocycles. The molecule has 0 unspecified atom stereocenters. The van der Waals surface area contributed by atoms with Crippen LogP contribution in [-0.2, 0) is 4.79 Å². The lowest BCUT2D eigenvalue weighted by Gasteiger charge is -2.22. The van der Waals surface area contributed by atoms with E-state index >= 15 is 0 Å². The zero-order chi connectivity index (χ0) is 17.4. The van der Waals surface area contributed by atoms with Gasteiger partial charge in [0, 0.05) is 23.8 Å². The minimum absolute atomic E-state index is 0. The van der Waals surface area contributed by atoms with Crippen LogP contribution in [0.4, 0.5) is 16.2 Å². The van der Waals surface area contributed by atoms with Crippen molar-refractivity contribution in [2.45, 2.75) is 45.6 Å². The molecule has 140 valence electrons. The summed E-state index contributed by atoms with van der Waals surface area (Å²) < 4.78 is 0. The highest BCUT2D eigenvalue weighted by Crippen LogP contribution is 2.19. The minimum atomic E-state index is -0.233. The Labute approximate surface area is 155 Å². The van der Waals surface area contributed by atoms with Crippen LogP contribution in [-0.4, -0.2) is 31.1 Å². The lowest BCUT2D eigenvalue weighted by molar-refractivity contribution is -0.116. The SMILES string of the molecule is CC(C)NC(=O)Nc1ccc(NC(=O)CCC2CCNCC2)cc1.Cl. The molecule has 4 N–H and O–H groups in total. The average Bonchev–Trinajstić information content (AvgIpc) is 2.55. The first-order valence-corrected chi connectivity index (χ1v) is 8.71. The zero-order valence-corrected chi connectivity index (χ0v) is 15.7. The molecule has 0 radical (unpaired) electrons. The molecule has 6 nitrogen and oxygen atoms in total. The Morgan fingerprint density at radius 2 is 1.64 bits per heavy atom. The molecule has 1 heterocycles. The third-order valence-electron chi connectivity index (χ3n) is 4.08. The van der Waals surface area contributed by atoms with Gasteiger partial charge < -0.3 is 21.3 Å². The highest BCUT2D eigenvalue weighted by Gasteiger charge is 2.14. The standard InChI is InChI=1S/C18H28N4O2.ClH/c1-13(2)20-18(24)22-16-6-4-15(5-7-16)21-17(23)8-3-14-9-11-19-12-10-14;/h4-7,13-14,19H,3,8-12H2,1-2H3,(H,21,23)(H2,20,22,24);1H. The van der Waals surface area contributed by atoms with E-state index in [0.29, 0.717) is 18.0 Å². The molecule has 1 aromatic carbocycles. The van der Waals surface area contributed by atoms with Crippen LogP contribution in [0.25, 0.3) is 0 Å². The lowest BCUT2D eigenvalue weighted by atomic mass is 9.93. The Hall–Kier alpha value is -1.79. The van der Waals surface area contributed by atoms with Gasteiger partial charge >= 0.3 is 6.03 Å². The molecular formula is C18H29ClN4O2. The first-order valence-electron chi connectivity index (χ1n) is 8.71. The normalized spacial score (nSPS) is 14.5. The fraction of sp³-hybridized carbons (Fsp3) is 0.556. The van der Waals surface area contributed by atoms with E-state index in [1.165, 1.54) is 0 Å². The summed E-state index contributed by atoms with van der Waals surface area (Å²) in [6.07, 6.45) is 3.82. The Morgan fingerprint density at radius 3 is 2.20 bits per heavy atom. The fourth-order valence-electron chi connectivity index (χ4n) is 2.80. The summed E-state index contributed by atoms with van der Waals surface area (Å²) in [6, 6.07) is 7.01. The van der Waals surface area contributed by atoms with E-state index in [9.17, 15) is 9.59 Å². The molecule has 0 saturated carbocycles. The van der Waals surface area contributed by atoms with Gasteiger partial charge in [-0.05, 0) is 76.4 Å². The molecule has 1 aliphatic heterocycles. The van der Waals surface area contributed by atoms with Crippen LogP contribution in [0.5, 0.6) is 0 Å². The molecule has 25 heavy (non-hydrogen) atoms. The number of amides is 3. The van der Waals surface area contributed by atoms with Crippen molar-refractivity contribution in [3.63, 3.8) is 0 Å². The van der Waals surface area contributed by atoms with Gasteiger partial charge in [-0.1, -0.05) is 0 Å². The number of hydrogen-bond donors (Lipinski definition) is 4. The van der Waals surface area contributed by atoms with Crippen LogP contribution in [0.2, 0.25) is 0 Å². The number of rotatable bonds is 6. The van der Waals surface area contributed by atoms with Crippen LogP contribution in [0.1, 0.15) is 39.5 Å². The first-order chi connectivity index (χ1) is 11.5. The van der Waals surface area contributed by atoms with Crippen molar-refractivity contribution in [3.8, 4) is 0 Å². The van der Waals surface area contributed by atoms with Crippen molar-refractivity contribution in [3.05, 3.63) is 24.3 Å². The summed E-state index contributed by atoms with van der Waals surface area (Å²) in [4.78, 5) is 23.7. The van der Waals surface area contributed by atoms with E-state index in [1.807, 2.05) is 13.8 Å². The molecule has 0 spiro atoms. The van der Waals surface area contributed by atoms with Gasteiger partial charge in [-0.15, -0.1) is 12.4 Å². The monoisotopic (exact) mass is 368 g/mol. The van der Waals surface area contributed by atoms with Crippen LogP contribution in [0.15, 0.2) is 24.3 Å². The predicted octanol–water partition coefficient (Wildman–Crippen LogP) is 3.36. The Morgan fingerprint density at radius 1 is 1.08 bits per heavy atom. The van der Waals surface area contributed by atoms with Crippen molar-refractivity contribution in [2.24, 2.45) is 5.92 Å². The van der Waals surface area contributed by atoms with Crippen molar-refractivity contribution in [1.82, 2.24) is 10.6 Å². The molecular weight excluding hydrogens is 340 g/mol. The molecule has 0 aromatic heterocycles. The summed E-state index contributed by atoms with van der Waals surface area (Å²) in [5.41, 5.74) is 1.45. The second-order valence-electron chi connectivity index (χ2n) is 6.61. The van der Waals surface area contributed by atoms with Gasteiger partial charge in [-0.25, -0.2) is 4.79 Å².